The predicted octanol–water partition coefficient (Wildman–Crippen LogP) is 4.21. The highest BCUT2D eigenvalue weighted by Crippen LogP contribution is 2.36. The van der Waals surface area contributed by atoms with E-state index in [9.17, 15) is 0 Å². The topological polar surface area (TPSA) is 29.3 Å². The highest BCUT2D eigenvalue weighted by atomic mass is 79.9. The molecule has 0 amide bonds. The SMILES string of the molecule is CC(N)Cc1ccc(N2CCC(C(C)(C)C)C2)cc1Br. The quantitative estimate of drug-likeness (QED) is 0.894. The minimum atomic E-state index is 0.203. The van der Waals surface area contributed by atoms with E-state index >= 15 is 0 Å². The lowest BCUT2D eigenvalue weighted by atomic mass is 9.80. The summed E-state index contributed by atoms with van der Waals surface area (Å²) in [7, 11) is 0. The van der Waals surface area contributed by atoms with E-state index in [4.69, 9.17) is 5.73 Å². The summed E-state index contributed by atoms with van der Waals surface area (Å²) in [4.78, 5) is 2.51. The van der Waals surface area contributed by atoms with Gasteiger partial charge >= 0.3 is 0 Å². The molecular formula is C17H27BrN2. The number of hydrogen-bond acceptors (Lipinski definition) is 2. The van der Waals surface area contributed by atoms with Crippen molar-refractivity contribution in [3.05, 3.63) is 28.2 Å². The molecule has 1 fully saturated rings. The van der Waals surface area contributed by atoms with Crippen molar-refractivity contribution in [3.63, 3.8) is 0 Å². The molecule has 2 N–H and O–H groups in total. The highest BCUT2D eigenvalue weighted by Gasteiger charge is 2.31. The molecule has 0 bridgehead atoms. The zero-order chi connectivity index (χ0) is 14.9. The van der Waals surface area contributed by atoms with Gasteiger partial charge in [0.15, 0.2) is 0 Å². The Balaban J connectivity index is 2.09. The van der Waals surface area contributed by atoms with Crippen LogP contribution < -0.4 is 10.6 Å². The number of nitrogens with zero attached hydrogens (tertiary/aromatic N) is 1. The van der Waals surface area contributed by atoms with Gasteiger partial charge in [0.1, 0.15) is 0 Å². The molecule has 112 valence electrons. The smallest absolute Gasteiger partial charge is 0.0377 e. The van der Waals surface area contributed by atoms with Gasteiger partial charge in [-0.25, -0.2) is 0 Å². The number of anilines is 1. The average Bonchev–Trinajstić information content (AvgIpc) is 2.80. The molecule has 2 unspecified atom stereocenters. The summed E-state index contributed by atoms with van der Waals surface area (Å²) in [6.45, 7) is 11.4. The van der Waals surface area contributed by atoms with Crippen molar-refractivity contribution >= 4 is 21.6 Å². The lowest BCUT2D eigenvalue weighted by Gasteiger charge is -2.27. The fourth-order valence-corrected chi connectivity index (χ4v) is 3.48. The third-order valence-corrected chi connectivity index (χ3v) is 5.09. The van der Waals surface area contributed by atoms with Gasteiger partial charge in [0.2, 0.25) is 0 Å². The summed E-state index contributed by atoms with van der Waals surface area (Å²) in [5, 5.41) is 0. The zero-order valence-corrected chi connectivity index (χ0v) is 14.7. The summed E-state index contributed by atoms with van der Waals surface area (Å²) >= 11 is 3.70. The summed E-state index contributed by atoms with van der Waals surface area (Å²) in [5.41, 5.74) is 8.92. The fraction of sp³-hybridized carbons (Fsp3) is 0.647. The molecule has 2 nitrogen and oxygen atoms in total. The molecule has 0 radical (unpaired) electrons. The van der Waals surface area contributed by atoms with Gasteiger partial charge in [-0.05, 0) is 48.8 Å². The van der Waals surface area contributed by atoms with Crippen LogP contribution in [0.25, 0.3) is 0 Å². The lowest BCUT2D eigenvalue weighted by molar-refractivity contribution is 0.263. The molecule has 0 aliphatic carbocycles. The second-order valence-corrected chi connectivity index (χ2v) is 8.11. The van der Waals surface area contributed by atoms with Crippen molar-refractivity contribution in [1.82, 2.24) is 0 Å². The molecule has 1 aromatic rings. The van der Waals surface area contributed by atoms with Crippen molar-refractivity contribution in [3.8, 4) is 0 Å². The molecule has 2 rings (SSSR count). The second kappa shape index (κ2) is 6.07. The Labute approximate surface area is 131 Å². The Kier molecular flexibility index (Phi) is 4.80. The second-order valence-electron chi connectivity index (χ2n) is 7.25. The van der Waals surface area contributed by atoms with Crippen LogP contribution in [0, 0.1) is 11.3 Å². The van der Waals surface area contributed by atoms with Gasteiger partial charge in [-0.2, -0.15) is 0 Å². The van der Waals surface area contributed by atoms with Crippen LogP contribution in [0.5, 0.6) is 0 Å². The number of rotatable bonds is 3. The molecule has 2 atom stereocenters. The summed E-state index contributed by atoms with van der Waals surface area (Å²) < 4.78 is 1.19. The maximum Gasteiger partial charge on any atom is 0.0377 e. The molecule has 0 aromatic heterocycles. The molecule has 1 saturated heterocycles. The van der Waals surface area contributed by atoms with E-state index in [2.05, 4.69) is 66.7 Å². The van der Waals surface area contributed by atoms with Crippen LogP contribution in [-0.4, -0.2) is 19.1 Å². The van der Waals surface area contributed by atoms with Gasteiger partial charge in [0, 0.05) is 29.3 Å². The summed E-state index contributed by atoms with van der Waals surface area (Å²) in [6.07, 6.45) is 2.22. The molecular weight excluding hydrogens is 312 g/mol. The van der Waals surface area contributed by atoms with Gasteiger partial charge in [0.05, 0.1) is 0 Å². The first-order valence-electron chi connectivity index (χ1n) is 7.56. The van der Waals surface area contributed by atoms with Gasteiger partial charge in [-0.1, -0.05) is 42.8 Å². The molecule has 1 heterocycles. The van der Waals surface area contributed by atoms with Gasteiger partial charge < -0.3 is 10.6 Å². The van der Waals surface area contributed by atoms with E-state index in [-0.39, 0.29) is 6.04 Å². The van der Waals surface area contributed by atoms with Crippen molar-refractivity contribution in [1.29, 1.82) is 0 Å². The Hall–Kier alpha value is -0.540. The van der Waals surface area contributed by atoms with Gasteiger partial charge in [0.25, 0.3) is 0 Å². The molecule has 1 aliphatic heterocycles. The van der Waals surface area contributed by atoms with Crippen molar-refractivity contribution in [2.45, 2.75) is 46.6 Å². The first kappa shape index (κ1) is 15.8. The monoisotopic (exact) mass is 338 g/mol. The van der Waals surface area contributed by atoms with E-state index in [1.807, 2.05) is 0 Å². The van der Waals surface area contributed by atoms with Crippen LogP contribution >= 0.6 is 15.9 Å². The molecule has 0 spiro atoms. The van der Waals surface area contributed by atoms with E-state index < -0.39 is 0 Å². The average molecular weight is 339 g/mol. The maximum atomic E-state index is 5.89. The van der Waals surface area contributed by atoms with Crippen LogP contribution in [0.2, 0.25) is 0 Å². The highest BCUT2D eigenvalue weighted by molar-refractivity contribution is 9.10. The molecule has 1 aromatic carbocycles. The maximum absolute atomic E-state index is 5.89. The van der Waals surface area contributed by atoms with Crippen LogP contribution in [0.15, 0.2) is 22.7 Å². The van der Waals surface area contributed by atoms with E-state index in [0.29, 0.717) is 5.41 Å². The molecule has 0 saturated carbocycles. The summed E-state index contributed by atoms with van der Waals surface area (Å²) in [5.74, 6) is 0.782. The summed E-state index contributed by atoms with van der Waals surface area (Å²) in [6, 6.07) is 6.91. The minimum absolute atomic E-state index is 0.203. The number of nitrogens with two attached hydrogens (primary N) is 1. The Bertz CT molecular complexity index is 463. The largest absolute Gasteiger partial charge is 0.371 e. The van der Waals surface area contributed by atoms with Gasteiger partial charge in [-0.3, -0.25) is 0 Å². The fourth-order valence-electron chi connectivity index (χ4n) is 2.95. The van der Waals surface area contributed by atoms with E-state index in [0.717, 1.165) is 12.3 Å². The van der Waals surface area contributed by atoms with Crippen LogP contribution in [0.3, 0.4) is 0 Å². The Morgan fingerprint density at radius 1 is 1.40 bits per heavy atom. The lowest BCUT2D eigenvalue weighted by Crippen LogP contribution is -2.25. The standard InChI is InChI=1S/C17H27BrN2/c1-12(19)9-13-5-6-15(10-16(13)18)20-8-7-14(11-20)17(2,3)4/h5-6,10,12,14H,7-9,11,19H2,1-4H3. The van der Waals surface area contributed by atoms with E-state index in [1.165, 1.54) is 35.2 Å². The van der Waals surface area contributed by atoms with Gasteiger partial charge in [-0.15, -0.1) is 0 Å². The van der Waals surface area contributed by atoms with Crippen molar-refractivity contribution in [2.24, 2.45) is 17.1 Å². The molecule has 20 heavy (non-hydrogen) atoms. The third-order valence-electron chi connectivity index (χ3n) is 4.36. The van der Waals surface area contributed by atoms with Crippen molar-refractivity contribution < 1.29 is 0 Å². The Morgan fingerprint density at radius 3 is 2.60 bits per heavy atom. The Morgan fingerprint density at radius 2 is 2.10 bits per heavy atom. The van der Waals surface area contributed by atoms with Crippen LogP contribution in [0.4, 0.5) is 5.69 Å². The molecule has 1 aliphatic rings. The number of hydrogen-bond donors (Lipinski definition) is 1. The first-order chi connectivity index (χ1) is 9.27. The number of halogens is 1. The van der Waals surface area contributed by atoms with Crippen LogP contribution in [0.1, 0.15) is 39.7 Å². The van der Waals surface area contributed by atoms with E-state index in [1.54, 1.807) is 0 Å². The zero-order valence-electron chi connectivity index (χ0n) is 13.1. The van der Waals surface area contributed by atoms with Crippen molar-refractivity contribution in [2.75, 3.05) is 18.0 Å². The third kappa shape index (κ3) is 3.76. The minimum Gasteiger partial charge on any atom is -0.371 e. The number of benzene rings is 1. The first-order valence-corrected chi connectivity index (χ1v) is 8.35. The molecule has 3 heteroatoms. The normalized spacial score (nSPS) is 21.3. The predicted molar refractivity (Wildman–Crippen MR) is 91.3 cm³/mol. The van der Waals surface area contributed by atoms with Crippen LogP contribution in [-0.2, 0) is 6.42 Å².